The first-order valence-electron chi connectivity index (χ1n) is 8.47. The minimum atomic E-state index is -3.77. The smallest absolute Gasteiger partial charge is 0.288 e. The Labute approximate surface area is 169 Å². The van der Waals surface area contributed by atoms with Gasteiger partial charge in [-0.3, -0.25) is 13.9 Å². The Morgan fingerprint density at radius 3 is 2.64 bits per heavy atom. The minimum absolute atomic E-state index is 0.00346. The predicted molar refractivity (Wildman–Crippen MR) is 108 cm³/mol. The van der Waals surface area contributed by atoms with Gasteiger partial charge in [0.25, 0.3) is 5.56 Å². The summed E-state index contributed by atoms with van der Waals surface area (Å²) in [5.41, 5.74) is -1.12. The second kappa shape index (κ2) is 6.51. The maximum Gasteiger partial charge on any atom is 0.331 e. The van der Waals surface area contributed by atoms with Crippen LogP contribution in [-0.2, 0) is 23.6 Å². The highest BCUT2D eigenvalue weighted by Crippen LogP contribution is 2.36. The van der Waals surface area contributed by atoms with Crippen LogP contribution in [0.1, 0.15) is 24.6 Å². The summed E-state index contributed by atoms with van der Waals surface area (Å²) in [4.78, 5) is 30.0. The first-order chi connectivity index (χ1) is 13.1. The molecule has 8 nitrogen and oxygen atoms in total. The highest BCUT2D eigenvalue weighted by Gasteiger charge is 2.41. The van der Waals surface area contributed by atoms with Gasteiger partial charge < -0.3 is 0 Å². The van der Waals surface area contributed by atoms with Crippen molar-refractivity contribution in [2.24, 2.45) is 7.05 Å². The van der Waals surface area contributed by atoms with Gasteiger partial charge in [0, 0.05) is 23.7 Å². The zero-order chi connectivity index (χ0) is 20.3. The largest absolute Gasteiger partial charge is 0.331 e. The summed E-state index contributed by atoms with van der Waals surface area (Å²) in [5.74, 6) is 0. The van der Waals surface area contributed by atoms with Crippen molar-refractivity contribution in [3.63, 3.8) is 0 Å². The summed E-state index contributed by atoms with van der Waals surface area (Å²) in [6.07, 6.45) is 3.12. The summed E-state index contributed by atoms with van der Waals surface area (Å²) in [5, 5.41) is 0.154. The lowest BCUT2D eigenvalue weighted by Gasteiger charge is -2.14. The number of hydrogen-bond acceptors (Lipinski definition) is 6. The topological polar surface area (TPSA) is 103 Å². The van der Waals surface area contributed by atoms with E-state index in [9.17, 15) is 18.0 Å². The van der Waals surface area contributed by atoms with Gasteiger partial charge in [0.1, 0.15) is 0 Å². The van der Waals surface area contributed by atoms with E-state index < -0.39 is 26.8 Å². The molecule has 3 aromatic rings. The Kier molecular flexibility index (Phi) is 4.49. The van der Waals surface area contributed by atoms with Gasteiger partial charge in [0.05, 0.1) is 22.3 Å². The van der Waals surface area contributed by atoms with E-state index >= 15 is 0 Å². The third-order valence-corrected chi connectivity index (χ3v) is 7.58. The van der Waals surface area contributed by atoms with Crippen molar-refractivity contribution in [1.82, 2.24) is 18.8 Å². The maximum atomic E-state index is 12.7. The lowest BCUT2D eigenvalue weighted by molar-refractivity contribution is 0.558. The van der Waals surface area contributed by atoms with Gasteiger partial charge in [0.15, 0.2) is 4.47 Å². The molecule has 1 aliphatic rings. The van der Waals surface area contributed by atoms with Gasteiger partial charge in [-0.15, -0.1) is 11.3 Å². The van der Waals surface area contributed by atoms with Gasteiger partial charge in [-0.1, -0.05) is 11.6 Å². The molecular weight excluding hydrogens is 424 g/mol. The fraction of sp³-hybridized carbons (Fsp3) is 0.353. The van der Waals surface area contributed by atoms with Crippen LogP contribution in [0.3, 0.4) is 0 Å². The quantitative estimate of drug-likeness (QED) is 0.650. The molecule has 0 amide bonds. The molecule has 1 N–H and O–H groups in total. The number of halogens is 1. The average molecular weight is 441 g/mol. The van der Waals surface area contributed by atoms with Crippen LogP contribution in [-0.4, -0.2) is 28.1 Å². The Hall–Kier alpha value is -2.01. The maximum absolute atomic E-state index is 12.7. The molecule has 11 heteroatoms. The zero-order valence-corrected chi connectivity index (χ0v) is 17.5. The molecule has 1 fully saturated rings. The summed E-state index contributed by atoms with van der Waals surface area (Å²) in [6, 6.07) is 4.22. The van der Waals surface area contributed by atoms with E-state index in [1.54, 1.807) is 6.20 Å². The van der Waals surface area contributed by atoms with E-state index in [0.717, 1.165) is 22.3 Å². The van der Waals surface area contributed by atoms with Crippen molar-refractivity contribution in [1.29, 1.82) is 0 Å². The Bertz CT molecular complexity index is 1320. The molecule has 0 radical (unpaired) electrons. The van der Waals surface area contributed by atoms with Crippen LogP contribution in [0.25, 0.3) is 10.9 Å². The van der Waals surface area contributed by atoms with E-state index in [4.69, 9.17) is 11.6 Å². The molecule has 1 aromatic carbocycles. The first kappa shape index (κ1) is 19.3. The number of benzene rings is 1. The fourth-order valence-corrected chi connectivity index (χ4v) is 5.44. The molecule has 0 bridgehead atoms. The third kappa shape index (κ3) is 3.41. The number of hydrogen-bond donors (Lipinski definition) is 1. The molecule has 1 aliphatic carbocycles. The highest BCUT2D eigenvalue weighted by atomic mass is 35.5. The van der Waals surface area contributed by atoms with Crippen molar-refractivity contribution in [3.05, 3.63) is 54.6 Å². The Morgan fingerprint density at radius 1 is 1.32 bits per heavy atom. The summed E-state index contributed by atoms with van der Waals surface area (Å²) in [7, 11) is -2.40. The zero-order valence-electron chi connectivity index (χ0n) is 15.1. The van der Waals surface area contributed by atoms with Crippen molar-refractivity contribution >= 4 is 43.9 Å². The molecule has 0 unspecified atom stereocenters. The van der Waals surface area contributed by atoms with Crippen molar-refractivity contribution < 1.29 is 8.42 Å². The summed E-state index contributed by atoms with van der Waals surface area (Å²) in [6.45, 7) is 2.01. The standard InChI is InChI=1S/C17H17ClN4O4S2/c1-17(5-6-17)20-28(25,26)11-3-4-13-12(7-11)14(23)21(2)16(24)22(13)9-10-8-19-15(18)27-10/h3-4,7-8,20H,5-6,9H2,1-2H3. The number of thiazole rings is 1. The monoisotopic (exact) mass is 440 g/mol. The van der Waals surface area contributed by atoms with Crippen LogP contribution in [0.15, 0.2) is 38.9 Å². The highest BCUT2D eigenvalue weighted by molar-refractivity contribution is 7.89. The van der Waals surface area contributed by atoms with Crippen molar-refractivity contribution in [3.8, 4) is 0 Å². The number of nitrogens with one attached hydrogen (secondary N) is 1. The number of nitrogens with zero attached hydrogens (tertiary/aromatic N) is 3. The lowest BCUT2D eigenvalue weighted by Crippen LogP contribution is -2.38. The SMILES string of the molecule is Cn1c(=O)c2cc(S(=O)(=O)NC3(C)CC3)ccc2n(Cc2cnc(Cl)s2)c1=O. The van der Waals surface area contributed by atoms with Crippen LogP contribution in [0.5, 0.6) is 0 Å². The molecule has 4 rings (SSSR count). The fourth-order valence-electron chi connectivity index (χ4n) is 2.98. The molecule has 148 valence electrons. The first-order valence-corrected chi connectivity index (χ1v) is 11.2. The number of aromatic nitrogens is 3. The normalized spacial score (nSPS) is 15.8. The van der Waals surface area contributed by atoms with Crippen LogP contribution >= 0.6 is 22.9 Å². The molecule has 2 aromatic heterocycles. The second-order valence-corrected chi connectivity index (χ2v) is 10.5. The van der Waals surface area contributed by atoms with E-state index in [1.807, 2.05) is 6.92 Å². The summed E-state index contributed by atoms with van der Waals surface area (Å²) < 4.78 is 30.7. The molecule has 28 heavy (non-hydrogen) atoms. The van der Waals surface area contributed by atoms with Crippen molar-refractivity contribution in [2.75, 3.05) is 0 Å². The molecule has 0 atom stereocenters. The van der Waals surface area contributed by atoms with E-state index in [1.165, 1.54) is 41.2 Å². The number of sulfonamides is 1. The van der Waals surface area contributed by atoms with Crippen LogP contribution in [0.2, 0.25) is 4.47 Å². The second-order valence-electron chi connectivity index (χ2n) is 7.16. The molecular formula is C17H17ClN4O4S2. The predicted octanol–water partition coefficient (Wildman–Crippen LogP) is 1.69. The minimum Gasteiger partial charge on any atom is -0.288 e. The molecule has 1 saturated carbocycles. The lowest BCUT2D eigenvalue weighted by atomic mass is 10.2. The van der Waals surface area contributed by atoms with Crippen LogP contribution in [0, 0.1) is 0 Å². The van der Waals surface area contributed by atoms with Gasteiger partial charge >= 0.3 is 5.69 Å². The Morgan fingerprint density at radius 2 is 2.04 bits per heavy atom. The average Bonchev–Trinajstić information content (AvgIpc) is 3.20. The molecule has 0 saturated heterocycles. The van der Waals surface area contributed by atoms with Gasteiger partial charge in [-0.2, -0.15) is 0 Å². The molecule has 2 heterocycles. The van der Waals surface area contributed by atoms with Crippen LogP contribution in [0.4, 0.5) is 0 Å². The van der Waals surface area contributed by atoms with E-state index in [0.29, 0.717) is 9.98 Å². The number of fused-ring (bicyclic) bond motifs is 1. The van der Waals surface area contributed by atoms with E-state index in [2.05, 4.69) is 9.71 Å². The van der Waals surface area contributed by atoms with Gasteiger partial charge in [-0.05, 0) is 38.0 Å². The van der Waals surface area contributed by atoms with Gasteiger partial charge in [0.2, 0.25) is 10.0 Å². The molecule has 0 aliphatic heterocycles. The Balaban J connectivity index is 1.87. The third-order valence-electron chi connectivity index (χ3n) is 4.84. The van der Waals surface area contributed by atoms with Gasteiger partial charge in [-0.25, -0.2) is 22.9 Å². The number of rotatable bonds is 5. The molecule has 0 spiro atoms. The van der Waals surface area contributed by atoms with Crippen molar-refractivity contribution in [2.45, 2.75) is 36.7 Å². The van der Waals surface area contributed by atoms with E-state index in [-0.39, 0.29) is 16.8 Å². The summed E-state index contributed by atoms with van der Waals surface area (Å²) >= 11 is 7.09. The van der Waals surface area contributed by atoms with Crippen LogP contribution < -0.4 is 16.0 Å².